The molecule has 0 saturated heterocycles. The fourth-order valence-corrected chi connectivity index (χ4v) is 2.29. The van der Waals surface area contributed by atoms with Crippen LogP contribution >= 0.6 is 0 Å². The molecule has 0 fully saturated rings. The van der Waals surface area contributed by atoms with Crippen LogP contribution in [-0.4, -0.2) is 58.1 Å². The Hall–Kier alpha value is 1.57. The SMILES string of the molecule is CCCCCCCCCCCCCCCCF.[KH]. The first kappa shape index (κ1) is 21.9. The van der Waals surface area contributed by atoms with Gasteiger partial charge in [-0.15, -0.1) is 0 Å². The molecule has 0 amide bonds. The molecule has 0 aromatic carbocycles. The molecule has 0 heterocycles. The van der Waals surface area contributed by atoms with E-state index in [2.05, 4.69) is 6.92 Å². The van der Waals surface area contributed by atoms with Crippen LogP contribution < -0.4 is 0 Å². The zero-order valence-electron chi connectivity index (χ0n) is 12.0. The third-order valence-corrected chi connectivity index (χ3v) is 3.49. The van der Waals surface area contributed by atoms with Crippen molar-refractivity contribution < 1.29 is 4.39 Å². The summed E-state index contributed by atoms with van der Waals surface area (Å²) in [6.07, 6.45) is 18.5. The van der Waals surface area contributed by atoms with Gasteiger partial charge < -0.3 is 0 Å². The number of rotatable bonds is 14. The fraction of sp³-hybridized carbons (Fsp3) is 1.00. The minimum atomic E-state index is -0.127. The van der Waals surface area contributed by atoms with Crippen molar-refractivity contribution in [3.63, 3.8) is 0 Å². The van der Waals surface area contributed by atoms with Gasteiger partial charge in [-0.2, -0.15) is 0 Å². The zero-order valence-corrected chi connectivity index (χ0v) is 12.0. The first-order chi connectivity index (χ1) is 8.41. The van der Waals surface area contributed by atoms with Gasteiger partial charge in [-0.05, 0) is 6.42 Å². The van der Waals surface area contributed by atoms with Crippen molar-refractivity contribution in [1.29, 1.82) is 0 Å². The standard InChI is InChI=1S/C16H33F.K.H/c1-2-3-4-5-6-7-8-9-10-11-12-13-14-15-16-17;;/h2-16H2,1H3;;. The molecule has 0 aliphatic carbocycles. The first-order valence-corrected chi connectivity index (χ1v) is 7.97. The molecule has 18 heavy (non-hydrogen) atoms. The molecule has 0 rings (SSSR count). The number of unbranched alkanes of at least 4 members (excludes halogenated alkanes) is 13. The molecule has 0 aromatic rings. The minimum absolute atomic E-state index is 0. The Labute approximate surface area is 157 Å². The third kappa shape index (κ3) is 19.9. The van der Waals surface area contributed by atoms with E-state index < -0.39 is 0 Å². The van der Waals surface area contributed by atoms with E-state index in [0.29, 0.717) is 0 Å². The van der Waals surface area contributed by atoms with E-state index in [1.807, 2.05) is 0 Å². The summed E-state index contributed by atoms with van der Waals surface area (Å²) < 4.78 is 11.8. The van der Waals surface area contributed by atoms with E-state index >= 15 is 0 Å². The van der Waals surface area contributed by atoms with Crippen molar-refractivity contribution in [1.82, 2.24) is 0 Å². The second-order valence-corrected chi connectivity index (χ2v) is 5.29. The number of hydrogen-bond acceptors (Lipinski definition) is 0. The Kier molecular flexibility index (Phi) is 25.3. The van der Waals surface area contributed by atoms with Gasteiger partial charge in [-0.25, -0.2) is 0 Å². The third-order valence-electron chi connectivity index (χ3n) is 3.49. The van der Waals surface area contributed by atoms with Crippen LogP contribution in [0.5, 0.6) is 0 Å². The van der Waals surface area contributed by atoms with Gasteiger partial charge in [0.1, 0.15) is 0 Å². The van der Waals surface area contributed by atoms with E-state index in [1.54, 1.807) is 0 Å². The molecular weight excluding hydrogens is 250 g/mol. The normalized spacial score (nSPS) is 10.3. The molecule has 0 unspecified atom stereocenters. The van der Waals surface area contributed by atoms with Gasteiger partial charge in [0.05, 0.1) is 6.67 Å². The summed E-state index contributed by atoms with van der Waals surface area (Å²) in [6, 6.07) is 0. The van der Waals surface area contributed by atoms with Gasteiger partial charge in [-0.3, -0.25) is 4.39 Å². The van der Waals surface area contributed by atoms with E-state index in [4.69, 9.17) is 0 Å². The van der Waals surface area contributed by atoms with Gasteiger partial charge in [0.2, 0.25) is 0 Å². The Morgan fingerprint density at radius 3 is 1.06 bits per heavy atom. The molecule has 0 radical (unpaired) electrons. The van der Waals surface area contributed by atoms with Gasteiger partial charge in [0.15, 0.2) is 0 Å². The molecular formula is C16H34FK. The summed E-state index contributed by atoms with van der Waals surface area (Å²) in [5, 5.41) is 0. The number of halogens is 1. The van der Waals surface area contributed by atoms with Crippen molar-refractivity contribution in [2.75, 3.05) is 6.67 Å². The van der Waals surface area contributed by atoms with Crippen LogP contribution in [0.15, 0.2) is 0 Å². The molecule has 2 heteroatoms. The zero-order chi connectivity index (χ0) is 12.6. The predicted molar refractivity (Wildman–Crippen MR) is 83.4 cm³/mol. The molecule has 106 valence electrons. The monoisotopic (exact) mass is 284 g/mol. The topological polar surface area (TPSA) is 0 Å². The Morgan fingerprint density at radius 1 is 0.500 bits per heavy atom. The Balaban J connectivity index is 0. The van der Waals surface area contributed by atoms with Gasteiger partial charge in [-0.1, -0.05) is 90.4 Å². The quantitative estimate of drug-likeness (QED) is 0.280. The van der Waals surface area contributed by atoms with Crippen molar-refractivity contribution in [3.8, 4) is 0 Å². The maximum atomic E-state index is 11.8. The van der Waals surface area contributed by atoms with Crippen LogP contribution in [0.1, 0.15) is 96.8 Å². The summed E-state index contributed by atoms with van der Waals surface area (Å²) in [5.41, 5.74) is 0. The van der Waals surface area contributed by atoms with Crippen molar-refractivity contribution >= 4 is 51.4 Å². The summed E-state index contributed by atoms with van der Waals surface area (Å²) in [4.78, 5) is 0. The summed E-state index contributed by atoms with van der Waals surface area (Å²) >= 11 is 0. The second kappa shape index (κ2) is 20.9. The van der Waals surface area contributed by atoms with Crippen LogP contribution in [-0.2, 0) is 0 Å². The predicted octanol–water partition coefficient (Wildman–Crippen LogP) is 5.79. The van der Waals surface area contributed by atoms with Crippen molar-refractivity contribution in [3.05, 3.63) is 0 Å². The van der Waals surface area contributed by atoms with E-state index in [9.17, 15) is 4.39 Å². The average molecular weight is 285 g/mol. The molecule has 0 saturated carbocycles. The van der Waals surface area contributed by atoms with Crippen molar-refractivity contribution in [2.45, 2.75) is 96.8 Å². The van der Waals surface area contributed by atoms with Gasteiger partial charge in [0, 0.05) is 0 Å². The van der Waals surface area contributed by atoms with Crippen LogP contribution in [0.25, 0.3) is 0 Å². The first-order valence-electron chi connectivity index (χ1n) is 7.97. The number of hydrogen-bond donors (Lipinski definition) is 0. The van der Waals surface area contributed by atoms with Crippen LogP contribution in [0.3, 0.4) is 0 Å². The molecule has 0 aliphatic heterocycles. The van der Waals surface area contributed by atoms with E-state index in [-0.39, 0.29) is 58.1 Å². The fourth-order valence-electron chi connectivity index (χ4n) is 2.29. The van der Waals surface area contributed by atoms with Crippen LogP contribution in [0.4, 0.5) is 4.39 Å². The molecule has 0 bridgehead atoms. The Morgan fingerprint density at radius 2 is 0.778 bits per heavy atom. The van der Waals surface area contributed by atoms with Crippen LogP contribution in [0.2, 0.25) is 0 Å². The van der Waals surface area contributed by atoms with Crippen molar-refractivity contribution in [2.24, 2.45) is 0 Å². The Bertz CT molecular complexity index is 114. The number of alkyl halides is 1. The molecule has 0 aliphatic rings. The van der Waals surface area contributed by atoms with Crippen LogP contribution in [0, 0.1) is 0 Å². The van der Waals surface area contributed by atoms with Gasteiger partial charge in [0.25, 0.3) is 0 Å². The summed E-state index contributed by atoms with van der Waals surface area (Å²) in [6.45, 7) is 2.14. The molecule has 0 N–H and O–H groups in total. The summed E-state index contributed by atoms with van der Waals surface area (Å²) in [5.74, 6) is 0. The molecule has 0 aromatic heterocycles. The van der Waals surface area contributed by atoms with Gasteiger partial charge >= 0.3 is 51.4 Å². The molecule has 0 spiro atoms. The summed E-state index contributed by atoms with van der Waals surface area (Å²) in [7, 11) is 0. The second-order valence-electron chi connectivity index (χ2n) is 5.29. The molecule has 0 atom stereocenters. The molecule has 0 nitrogen and oxygen atoms in total. The maximum absolute atomic E-state index is 11.8. The average Bonchev–Trinajstić information content (AvgIpc) is 2.35. The van der Waals surface area contributed by atoms with E-state index in [1.165, 1.54) is 77.0 Å². The van der Waals surface area contributed by atoms with E-state index in [0.717, 1.165) is 12.8 Å².